The number of hydrogen-bond acceptors (Lipinski definition) is 4. The molecule has 0 spiro atoms. The van der Waals surface area contributed by atoms with Gasteiger partial charge < -0.3 is 16.4 Å². The molecule has 0 saturated carbocycles. The fraction of sp³-hybridized carbons (Fsp3) is 0.429. The van der Waals surface area contributed by atoms with E-state index in [0.717, 1.165) is 10.6 Å². The highest BCUT2D eigenvalue weighted by molar-refractivity contribution is 7.98. The summed E-state index contributed by atoms with van der Waals surface area (Å²) in [7, 11) is 0. The lowest BCUT2D eigenvalue weighted by molar-refractivity contribution is -0.125. The second-order valence-electron chi connectivity index (χ2n) is 4.74. The number of carbonyl (C=O) groups excluding carboxylic acids is 2. The number of carbonyl (C=O) groups is 2. The quantitative estimate of drug-likeness (QED) is 0.695. The van der Waals surface area contributed by atoms with Gasteiger partial charge in [0, 0.05) is 4.90 Å². The van der Waals surface area contributed by atoms with Gasteiger partial charge in [-0.3, -0.25) is 9.59 Å². The number of halogens is 1. The van der Waals surface area contributed by atoms with E-state index in [1.165, 1.54) is 0 Å². The molecule has 118 valence electrons. The molecule has 5 nitrogen and oxygen atoms in total. The summed E-state index contributed by atoms with van der Waals surface area (Å²) in [5, 5.41) is 5.31. The Bertz CT molecular complexity index is 483. The molecular formula is C14H22ClN3O2S. The molecule has 0 saturated heterocycles. The molecule has 0 aliphatic carbocycles. The Hall–Kier alpha value is -1.24. The van der Waals surface area contributed by atoms with Crippen molar-refractivity contribution in [1.29, 1.82) is 0 Å². The second kappa shape index (κ2) is 9.65. The van der Waals surface area contributed by atoms with Crippen molar-refractivity contribution in [3.8, 4) is 0 Å². The molecule has 2 amide bonds. The summed E-state index contributed by atoms with van der Waals surface area (Å²) in [6.45, 7) is 3.64. The van der Waals surface area contributed by atoms with Gasteiger partial charge in [0.05, 0.1) is 18.3 Å². The molecular weight excluding hydrogens is 310 g/mol. The predicted octanol–water partition coefficient (Wildman–Crippen LogP) is 1.87. The first kappa shape index (κ1) is 19.8. The molecule has 0 bridgehead atoms. The monoisotopic (exact) mass is 331 g/mol. The van der Waals surface area contributed by atoms with E-state index in [2.05, 4.69) is 10.6 Å². The van der Waals surface area contributed by atoms with E-state index in [4.69, 9.17) is 5.73 Å². The number of rotatable bonds is 6. The third-order valence-corrected chi connectivity index (χ3v) is 3.62. The maximum atomic E-state index is 11.8. The SMILES string of the molecule is CSc1ccccc1NC(=O)CNC(=O)[C@@H](N)C(C)C.Cl. The highest BCUT2D eigenvalue weighted by atomic mass is 35.5. The van der Waals surface area contributed by atoms with E-state index in [0.29, 0.717) is 0 Å². The van der Waals surface area contributed by atoms with Crippen LogP contribution < -0.4 is 16.4 Å². The van der Waals surface area contributed by atoms with E-state index in [1.807, 2.05) is 44.4 Å². The van der Waals surface area contributed by atoms with Crippen LogP contribution in [0.3, 0.4) is 0 Å². The highest BCUT2D eigenvalue weighted by Gasteiger charge is 2.17. The predicted molar refractivity (Wildman–Crippen MR) is 89.9 cm³/mol. The summed E-state index contributed by atoms with van der Waals surface area (Å²) in [4.78, 5) is 24.4. The molecule has 0 aliphatic rings. The van der Waals surface area contributed by atoms with E-state index in [-0.39, 0.29) is 36.7 Å². The Morgan fingerprint density at radius 3 is 2.48 bits per heavy atom. The van der Waals surface area contributed by atoms with Gasteiger partial charge >= 0.3 is 0 Å². The van der Waals surface area contributed by atoms with Gasteiger partial charge in [-0.25, -0.2) is 0 Å². The zero-order chi connectivity index (χ0) is 15.1. The molecule has 4 N–H and O–H groups in total. The number of thioether (sulfide) groups is 1. The summed E-state index contributed by atoms with van der Waals surface area (Å²) in [6, 6.07) is 6.91. The topological polar surface area (TPSA) is 84.2 Å². The van der Waals surface area contributed by atoms with Gasteiger partial charge in [0.1, 0.15) is 0 Å². The van der Waals surface area contributed by atoms with Gasteiger partial charge in [0.15, 0.2) is 0 Å². The molecule has 21 heavy (non-hydrogen) atoms. The van der Waals surface area contributed by atoms with Crippen LogP contribution in [0, 0.1) is 5.92 Å². The van der Waals surface area contributed by atoms with Gasteiger partial charge in [-0.05, 0) is 24.3 Å². The summed E-state index contributed by atoms with van der Waals surface area (Å²) in [5.41, 5.74) is 6.44. The normalized spacial score (nSPS) is 11.5. The van der Waals surface area contributed by atoms with E-state index >= 15 is 0 Å². The average Bonchev–Trinajstić information content (AvgIpc) is 2.44. The van der Waals surface area contributed by atoms with E-state index in [1.54, 1.807) is 11.8 Å². The van der Waals surface area contributed by atoms with Crippen molar-refractivity contribution in [2.24, 2.45) is 11.7 Å². The molecule has 1 aromatic carbocycles. The highest BCUT2D eigenvalue weighted by Crippen LogP contribution is 2.24. The number of hydrogen-bond donors (Lipinski definition) is 3. The van der Waals surface area contributed by atoms with Gasteiger partial charge in [-0.15, -0.1) is 24.2 Å². The molecule has 1 rings (SSSR count). The van der Waals surface area contributed by atoms with Gasteiger partial charge in [0.25, 0.3) is 0 Å². The van der Waals surface area contributed by atoms with Crippen molar-refractivity contribution in [3.63, 3.8) is 0 Å². The minimum Gasteiger partial charge on any atom is -0.346 e. The molecule has 0 aromatic heterocycles. The van der Waals surface area contributed by atoms with Crippen LogP contribution in [0.2, 0.25) is 0 Å². The second-order valence-corrected chi connectivity index (χ2v) is 5.58. The van der Waals surface area contributed by atoms with Crippen molar-refractivity contribution in [2.45, 2.75) is 24.8 Å². The number of amides is 2. The van der Waals surface area contributed by atoms with Crippen molar-refractivity contribution >= 4 is 41.7 Å². The standard InChI is InChI=1S/C14H21N3O2S.ClH/c1-9(2)13(15)14(19)16-8-12(18)17-10-6-4-5-7-11(10)20-3;/h4-7,9,13H,8,15H2,1-3H3,(H,16,19)(H,17,18);1H/t13-;/m0./s1. The number of nitrogens with one attached hydrogen (secondary N) is 2. The Balaban J connectivity index is 0.00000400. The molecule has 7 heteroatoms. The Kier molecular flexibility index (Phi) is 9.08. The largest absolute Gasteiger partial charge is 0.346 e. The molecule has 0 aliphatic heterocycles. The molecule has 0 heterocycles. The van der Waals surface area contributed by atoms with E-state index in [9.17, 15) is 9.59 Å². The first-order valence-electron chi connectivity index (χ1n) is 6.42. The zero-order valence-electron chi connectivity index (χ0n) is 12.4. The number of benzene rings is 1. The maximum Gasteiger partial charge on any atom is 0.243 e. The van der Waals surface area contributed by atoms with Crippen molar-refractivity contribution < 1.29 is 9.59 Å². The van der Waals surface area contributed by atoms with Crippen LogP contribution in [-0.2, 0) is 9.59 Å². The van der Waals surface area contributed by atoms with Crippen LogP contribution in [0.25, 0.3) is 0 Å². The van der Waals surface area contributed by atoms with Crippen LogP contribution >= 0.6 is 24.2 Å². The van der Waals surface area contributed by atoms with Crippen molar-refractivity contribution in [3.05, 3.63) is 24.3 Å². The first-order chi connectivity index (χ1) is 9.45. The zero-order valence-corrected chi connectivity index (χ0v) is 14.0. The van der Waals surface area contributed by atoms with Crippen LogP contribution in [0.4, 0.5) is 5.69 Å². The van der Waals surface area contributed by atoms with Crippen molar-refractivity contribution in [2.75, 3.05) is 18.1 Å². The summed E-state index contributed by atoms with van der Waals surface area (Å²) in [6.07, 6.45) is 1.94. The fourth-order valence-corrected chi connectivity index (χ4v) is 2.08. The number of nitrogens with two attached hydrogens (primary N) is 1. The fourth-order valence-electron chi connectivity index (χ4n) is 1.53. The Morgan fingerprint density at radius 2 is 1.90 bits per heavy atom. The first-order valence-corrected chi connectivity index (χ1v) is 7.64. The van der Waals surface area contributed by atoms with Gasteiger partial charge in [-0.1, -0.05) is 26.0 Å². The lowest BCUT2D eigenvalue weighted by Gasteiger charge is -2.15. The molecule has 0 unspecified atom stereocenters. The van der Waals surface area contributed by atoms with Gasteiger partial charge in [0.2, 0.25) is 11.8 Å². The summed E-state index contributed by atoms with van der Waals surface area (Å²) in [5.74, 6) is -0.542. The average molecular weight is 332 g/mol. The third-order valence-electron chi connectivity index (χ3n) is 2.83. The number of anilines is 1. The smallest absolute Gasteiger partial charge is 0.243 e. The molecule has 0 radical (unpaired) electrons. The van der Waals surface area contributed by atoms with Crippen LogP contribution in [0.15, 0.2) is 29.2 Å². The Labute approximate surface area is 135 Å². The lowest BCUT2D eigenvalue weighted by Crippen LogP contribution is -2.46. The number of para-hydroxylation sites is 1. The van der Waals surface area contributed by atoms with E-state index < -0.39 is 6.04 Å². The maximum absolute atomic E-state index is 11.8. The van der Waals surface area contributed by atoms with Crippen LogP contribution in [0.1, 0.15) is 13.8 Å². The third kappa shape index (κ3) is 6.37. The molecule has 1 aromatic rings. The minimum atomic E-state index is -0.596. The summed E-state index contributed by atoms with van der Waals surface area (Å²) < 4.78 is 0. The molecule has 0 fully saturated rings. The summed E-state index contributed by atoms with van der Waals surface area (Å²) >= 11 is 1.55. The van der Waals surface area contributed by atoms with Gasteiger partial charge in [-0.2, -0.15) is 0 Å². The van der Waals surface area contributed by atoms with Crippen LogP contribution in [0.5, 0.6) is 0 Å². The Morgan fingerprint density at radius 1 is 1.29 bits per heavy atom. The van der Waals surface area contributed by atoms with Crippen LogP contribution in [-0.4, -0.2) is 30.7 Å². The van der Waals surface area contributed by atoms with Crippen molar-refractivity contribution in [1.82, 2.24) is 5.32 Å². The minimum absolute atomic E-state index is 0. The lowest BCUT2D eigenvalue weighted by atomic mass is 10.1. The molecule has 1 atom stereocenters.